The van der Waals surface area contributed by atoms with Crippen molar-refractivity contribution < 1.29 is 59.6 Å². The molecule has 0 saturated carbocycles. The average Bonchev–Trinajstić information content (AvgIpc) is 3.81. The van der Waals surface area contributed by atoms with Gasteiger partial charge in [-0.05, 0) is 23.1 Å². The van der Waals surface area contributed by atoms with Gasteiger partial charge in [0.1, 0.15) is 0 Å². The van der Waals surface area contributed by atoms with Crippen molar-refractivity contribution in [3.05, 3.63) is 122 Å². The molecule has 0 aliphatic rings. The Morgan fingerprint density at radius 3 is 1.15 bits per heavy atom. The van der Waals surface area contributed by atoms with Crippen LogP contribution in [0.1, 0.15) is 16.7 Å². The quantitative estimate of drug-likeness (QED) is 0.131. The van der Waals surface area contributed by atoms with Gasteiger partial charge in [0, 0.05) is 24.2 Å². The third-order valence-corrected chi connectivity index (χ3v) is 7.34. The normalized spacial score (nSPS) is 11.4. The smallest absolute Gasteiger partial charge is 0.305 e. The summed E-state index contributed by atoms with van der Waals surface area (Å²) in [5, 5.41) is 14.0. The van der Waals surface area contributed by atoms with E-state index >= 15 is 0 Å². The van der Waals surface area contributed by atoms with Crippen LogP contribution in [-0.2, 0) is 38.6 Å². The molecular weight excluding hydrogens is 862 g/mol. The van der Waals surface area contributed by atoms with Crippen LogP contribution in [-0.4, -0.2) is 15.0 Å². The Hall–Kier alpha value is -3.43. The van der Waals surface area contributed by atoms with E-state index in [-0.39, 0.29) is 20.1 Å². The van der Waals surface area contributed by atoms with Gasteiger partial charge in [-0.15, -0.1) is 32.8 Å². The minimum absolute atomic E-state index is 0. The summed E-state index contributed by atoms with van der Waals surface area (Å²) in [6.45, 7) is 0. The summed E-state index contributed by atoms with van der Waals surface area (Å²) in [6.07, 6.45) is -10.2. The molecule has 0 N–H and O–H groups in total. The number of hydrogen-bond donors (Lipinski definition) is 0. The van der Waals surface area contributed by atoms with Crippen molar-refractivity contribution in [2.75, 3.05) is 0 Å². The van der Waals surface area contributed by atoms with Crippen molar-refractivity contribution >= 4 is 34.0 Å². The van der Waals surface area contributed by atoms with Gasteiger partial charge in [0.05, 0.1) is 11.1 Å². The van der Waals surface area contributed by atoms with E-state index in [2.05, 4.69) is 31.1 Å². The van der Waals surface area contributed by atoms with E-state index in [9.17, 15) is 39.5 Å². The maximum Gasteiger partial charge on any atom is 3.00 e. The number of halogens is 9. The first kappa shape index (κ1) is 37.0. The van der Waals surface area contributed by atoms with Crippen LogP contribution in [0.2, 0.25) is 0 Å². The van der Waals surface area contributed by atoms with Crippen LogP contribution < -0.4 is 0 Å². The maximum atomic E-state index is 12.4. The van der Waals surface area contributed by atoms with Crippen LogP contribution >= 0.6 is 34.0 Å². The Morgan fingerprint density at radius 1 is 0.457 bits per heavy atom. The number of nitrogens with zero attached hydrogens (tertiary/aromatic N) is 3. The number of thiophene rings is 3. The standard InChI is InChI=1S/3C10H5F3NS.Ir/c11-10(12,13)8-1-3-14-9(5-8)7-2-4-15-6-7;2*11-10(12,13)8-1-2-9(14-5-8)7-3-4-15-6-7;/h3*1-5H;/q3*-1;+3. The first-order valence-corrected chi connectivity index (χ1v) is 14.8. The van der Waals surface area contributed by atoms with E-state index in [0.717, 1.165) is 42.9 Å². The summed E-state index contributed by atoms with van der Waals surface area (Å²) in [7, 11) is 0. The van der Waals surface area contributed by atoms with E-state index in [1.54, 1.807) is 34.3 Å². The molecule has 0 fully saturated rings. The molecule has 6 aromatic heterocycles. The molecule has 0 atom stereocenters. The van der Waals surface area contributed by atoms with Crippen LogP contribution in [0.4, 0.5) is 39.5 Å². The monoisotopic (exact) mass is 877 g/mol. The van der Waals surface area contributed by atoms with Gasteiger partial charge in [-0.2, -0.15) is 57.7 Å². The molecular formula is C30H15F9IrN3S3. The molecule has 0 bridgehead atoms. The molecule has 0 spiro atoms. The molecule has 240 valence electrons. The number of pyridine rings is 3. The topological polar surface area (TPSA) is 38.7 Å². The summed E-state index contributed by atoms with van der Waals surface area (Å²) in [5.74, 6) is 0. The van der Waals surface area contributed by atoms with E-state index in [1.807, 2.05) is 0 Å². The zero-order valence-corrected chi connectivity index (χ0v) is 27.3. The molecule has 3 nitrogen and oxygen atoms in total. The number of hydrogen-bond acceptors (Lipinski definition) is 6. The van der Waals surface area contributed by atoms with Gasteiger partial charge in [-0.3, -0.25) is 34.0 Å². The van der Waals surface area contributed by atoms with Gasteiger partial charge in [0.15, 0.2) is 0 Å². The number of rotatable bonds is 3. The Bertz CT molecular complexity index is 1650. The zero-order valence-electron chi connectivity index (χ0n) is 22.5. The molecule has 0 aromatic carbocycles. The molecule has 0 aliphatic heterocycles. The van der Waals surface area contributed by atoms with Gasteiger partial charge in [0.25, 0.3) is 0 Å². The van der Waals surface area contributed by atoms with Crippen LogP contribution in [0.25, 0.3) is 33.8 Å². The average molecular weight is 877 g/mol. The van der Waals surface area contributed by atoms with E-state index in [0.29, 0.717) is 33.8 Å². The predicted molar refractivity (Wildman–Crippen MR) is 154 cm³/mol. The fraction of sp³-hybridized carbons (Fsp3) is 0.100. The summed E-state index contributed by atoms with van der Waals surface area (Å²) in [6, 6.07) is 11.9. The van der Waals surface area contributed by atoms with Crippen molar-refractivity contribution in [1.29, 1.82) is 0 Å². The third-order valence-electron chi connectivity index (χ3n) is 5.51. The molecule has 6 heterocycles. The summed E-state index contributed by atoms with van der Waals surface area (Å²) in [4.78, 5) is 11.4. The van der Waals surface area contributed by atoms with E-state index < -0.39 is 35.2 Å². The Labute approximate surface area is 281 Å². The molecule has 16 heteroatoms. The van der Waals surface area contributed by atoms with Crippen LogP contribution in [0, 0.1) is 16.1 Å². The zero-order chi connectivity index (χ0) is 32.7. The summed E-state index contributed by atoms with van der Waals surface area (Å²) in [5.41, 5.74) is 1.17. The van der Waals surface area contributed by atoms with E-state index in [4.69, 9.17) is 0 Å². The van der Waals surface area contributed by atoms with Crippen molar-refractivity contribution in [3.63, 3.8) is 0 Å². The molecule has 0 saturated heterocycles. The molecule has 0 aliphatic carbocycles. The Balaban J connectivity index is 0.000000186. The second kappa shape index (κ2) is 15.9. The molecule has 0 unspecified atom stereocenters. The third kappa shape index (κ3) is 10.6. The van der Waals surface area contributed by atoms with E-state index in [1.165, 1.54) is 46.1 Å². The Morgan fingerprint density at radius 2 is 0.848 bits per heavy atom. The molecule has 6 rings (SSSR count). The second-order valence-corrected chi connectivity index (χ2v) is 10.7. The van der Waals surface area contributed by atoms with Gasteiger partial charge in [-0.25, -0.2) is 0 Å². The minimum Gasteiger partial charge on any atom is -0.305 e. The predicted octanol–water partition coefficient (Wildman–Crippen LogP) is 10.9. The van der Waals surface area contributed by atoms with Gasteiger partial charge >= 0.3 is 38.6 Å². The first-order valence-electron chi connectivity index (χ1n) is 12.2. The fourth-order valence-corrected chi connectivity index (χ4v) is 5.02. The van der Waals surface area contributed by atoms with Crippen LogP contribution in [0.3, 0.4) is 0 Å². The van der Waals surface area contributed by atoms with Crippen molar-refractivity contribution in [3.8, 4) is 33.8 Å². The SMILES string of the molecule is FC(F)(F)c1ccc(-c2[c-]scc2)nc1.FC(F)(F)c1ccc(-c2[c-]scc2)nc1.FC(F)(F)c1ccnc(-c2[c-]scc2)c1.[Ir+3]. The molecule has 46 heavy (non-hydrogen) atoms. The van der Waals surface area contributed by atoms with Gasteiger partial charge in [0.2, 0.25) is 0 Å². The first-order chi connectivity index (χ1) is 21.2. The van der Waals surface area contributed by atoms with Crippen molar-refractivity contribution in [2.45, 2.75) is 18.5 Å². The maximum absolute atomic E-state index is 12.4. The van der Waals surface area contributed by atoms with Gasteiger partial charge in [-0.1, -0.05) is 46.5 Å². The second-order valence-electron chi connectivity index (χ2n) is 8.60. The minimum atomic E-state index is -4.33. The van der Waals surface area contributed by atoms with Gasteiger partial charge < -0.3 is 15.0 Å². The van der Waals surface area contributed by atoms with Crippen molar-refractivity contribution in [1.82, 2.24) is 15.0 Å². The van der Waals surface area contributed by atoms with Crippen LogP contribution in [0.5, 0.6) is 0 Å². The molecule has 0 radical (unpaired) electrons. The molecule has 0 amide bonds. The van der Waals surface area contributed by atoms with Crippen molar-refractivity contribution in [2.24, 2.45) is 0 Å². The molecule has 6 aromatic rings. The van der Waals surface area contributed by atoms with Crippen LogP contribution in [0.15, 0.2) is 89.3 Å². The fourth-order valence-electron chi connectivity index (χ4n) is 3.31. The summed E-state index contributed by atoms with van der Waals surface area (Å²) >= 11 is 4.02. The summed E-state index contributed by atoms with van der Waals surface area (Å²) < 4.78 is 110. The largest absolute Gasteiger partial charge is 3.00 e. The number of alkyl halides is 9. The number of aromatic nitrogens is 3. The Kier molecular flexibility index (Phi) is 12.8.